The molecule has 7 nitrogen and oxygen atoms in total. The van der Waals surface area contributed by atoms with E-state index in [1.807, 2.05) is 84.9 Å². The SMILES string of the molecule is C=Cc1ccccc1N1Cc2ccccc2C=C(CC(=O)O)C1=O.NCc1ccc(CNC(=O)c2cccc3c2=CCc2c4c(ccc2=3)=CCCC4)cc1. The van der Waals surface area contributed by atoms with E-state index in [0.717, 1.165) is 57.1 Å². The molecule has 0 atom stereocenters. The zero-order valence-corrected chi connectivity index (χ0v) is 30.2. The zero-order valence-electron chi connectivity index (χ0n) is 30.2. The Morgan fingerprint density at radius 2 is 1.63 bits per heavy atom. The van der Waals surface area contributed by atoms with Gasteiger partial charge in [-0.3, -0.25) is 14.4 Å². The van der Waals surface area contributed by atoms with Crippen LogP contribution in [0.5, 0.6) is 0 Å². The molecule has 0 unspecified atom stereocenters. The number of nitrogens with zero attached hydrogens (tertiary/aromatic N) is 1. The highest BCUT2D eigenvalue weighted by Gasteiger charge is 2.27. The van der Waals surface area contributed by atoms with Crippen molar-refractivity contribution in [3.05, 3.63) is 181 Å². The van der Waals surface area contributed by atoms with Gasteiger partial charge in [0, 0.05) is 24.2 Å². The Morgan fingerprint density at radius 3 is 2.43 bits per heavy atom. The summed E-state index contributed by atoms with van der Waals surface area (Å²) in [5.41, 5.74) is 15.2. The molecule has 0 aromatic heterocycles. The third-order valence-electron chi connectivity index (χ3n) is 10.3. The maximum atomic E-state index is 13.0. The topological polar surface area (TPSA) is 113 Å². The Kier molecular flexibility index (Phi) is 10.8. The Balaban J connectivity index is 0.000000171. The van der Waals surface area contributed by atoms with Crippen molar-refractivity contribution in [2.75, 3.05) is 4.90 Å². The van der Waals surface area contributed by atoms with Gasteiger partial charge < -0.3 is 21.1 Å². The summed E-state index contributed by atoms with van der Waals surface area (Å²) in [6, 6.07) is 33.7. The predicted molar refractivity (Wildman–Crippen MR) is 215 cm³/mol. The number of aliphatic carboxylic acids is 1. The van der Waals surface area contributed by atoms with Crippen LogP contribution in [0.1, 0.15) is 68.6 Å². The van der Waals surface area contributed by atoms with Gasteiger partial charge in [0.2, 0.25) is 0 Å². The quantitative estimate of drug-likeness (QED) is 0.169. The van der Waals surface area contributed by atoms with Gasteiger partial charge in [-0.25, -0.2) is 0 Å². The normalized spacial score (nSPS) is 13.8. The third kappa shape index (κ3) is 7.58. The number of benzene rings is 5. The third-order valence-corrected chi connectivity index (χ3v) is 10.3. The molecule has 5 aromatic carbocycles. The number of carboxylic acids is 1. The van der Waals surface area contributed by atoms with Gasteiger partial charge in [0.15, 0.2) is 0 Å². The van der Waals surface area contributed by atoms with Crippen LogP contribution in [-0.2, 0) is 42.1 Å². The lowest BCUT2D eigenvalue weighted by Crippen LogP contribution is -2.31. The van der Waals surface area contributed by atoms with Crippen LogP contribution in [0.3, 0.4) is 0 Å². The Morgan fingerprint density at radius 1 is 0.852 bits per heavy atom. The minimum atomic E-state index is -1.02. The van der Waals surface area contributed by atoms with Gasteiger partial charge in [-0.05, 0) is 104 Å². The van der Waals surface area contributed by atoms with E-state index in [9.17, 15) is 14.4 Å². The van der Waals surface area contributed by atoms with Crippen LogP contribution in [0.4, 0.5) is 5.69 Å². The number of hydrogen-bond donors (Lipinski definition) is 3. The van der Waals surface area contributed by atoms with Crippen molar-refractivity contribution in [2.45, 2.75) is 51.7 Å². The van der Waals surface area contributed by atoms with Crippen LogP contribution < -0.4 is 26.4 Å². The van der Waals surface area contributed by atoms with E-state index in [0.29, 0.717) is 19.6 Å². The minimum Gasteiger partial charge on any atom is -0.481 e. The van der Waals surface area contributed by atoms with E-state index >= 15 is 0 Å². The van der Waals surface area contributed by atoms with Gasteiger partial charge in [0.1, 0.15) is 0 Å². The fourth-order valence-electron chi connectivity index (χ4n) is 7.59. The molecule has 3 aliphatic rings. The first kappa shape index (κ1) is 36.1. The molecular weight excluding hydrogens is 671 g/mol. The number of rotatable bonds is 8. The van der Waals surface area contributed by atoms with Gasteiger partial charge in [-0.1, -0.05) is 116 Å². The van der Waals surface area contributed by atoms with Gasteiger partial charge in [-0.15, -0.1) is 0 Å². The number of carboxylic acid groups (broad SMARTS) is 1. The molecule has 0 saturated heterocycles. The number of carbonyl (C=O) groups is 3. The van der Waals surface area contributed by atoms with Crippen LogP contribution in [0, 0.1) is 10.4 Å². The highest BCUT2D eigenvalue weighted by atomic mass is 16.4. The average molecular weight is 714 g/mol. The second kappa shape index (κ2) is 16.1. The van der Waals surface area contributed by atoms with Gasteiger partial charge in [0.05, 0.1) is 18.7 Å². The number of anilines is 1. The van der Waals surface area contributed by atoms with Crippen molar-refractivity contribution in [2.24, 2.45) is 5.73 Å². The lowest BCUT2D eigenvalue weighted by atomic mass is 9.88. The average Bonchev–Trinajstić information content (AvgIpc) is 3.35. The smallest absolute Gasteiger partial charge is 0.308 e. The number of fused-ring (bicyclic) bond motifs is 5. The summed E-state index contributed by atoms with van der Waals surface area (Å²) in [7, 11) is 0. The molecule has 270 valence electrons. The standard InChI is InChI=1S/C27H26N2O.C20H17NO3/c28-16-18-8-10-19(11-9-18)17-29-27(30)26-7-3-6-22-24-13-12-20-4-1-2-5-21(20)23(24)14-15-25(22)26;1-2-14-7-5-6-10-18(14)21-13-16-9-4-3-8-15(16)11-17(20(21)24)12-19(22)23/h3-4,6-13,15H,1-2,5,14,16-17,28H2,(H,29,30);2-11H,1,12-13H2,(H,22,23). The van der Waals surface area contributed by atoms with Crippen molar-refractivity contribution in [1.29, 1.82) is 0 Å². The lowest BCUT2D eigenvalue weighted by Gasteiger charge is -2.24. The Hall–Kier alpha value is -6.31. The van der Waals surface area contributed by atoms with E-state index < -0.39 is 5.97 Å². The molecule has 0 spiro atoms. The minimum absolute atomic E-state index is 0.0271. The number of hydrogen-bond acceptors (Lipinski definition) is 4. The highest BCUT2D eigenvalue weighted by Crippen LogP contribution is 2.30. The van der Waals surface area contributed by atoms with Gasteiger partial charge in [0.25, 0.3) is 11.8 Å². The van der Waals surface area contributed by atoms with Crippen LogP contribution in [-0.4, -0.2) is 22.9 Å². The van der Waals surface area contributed by atoms with Crippen molar-refractivity contribution in [1.82, 2.24) is 5.32 Å². The molecule has 1 heterocycles. The summed E-state index contributed by atoms with van der Waals surface area (Å²) >= 11 is 0. The van der Waals surface area contributed by atoms with Crippen molar-refractivity contribution < 1.29 is 19.5 Å². The van der Waals surface area contributed by atoms with E-state index in [-0.39, 0.29) is 23.8 Å². The number of carbonyl (C=O) groups excluding carboxylic acids is 2. The summed E-state index contributed by atoms with van der Waals surface area (Å²) in [4.78, 5) is 38.8. The van der Waals surface area contributed by atoms with Crippen LogP contribution >= 0.6 is 0 Å². The summed E-state index contributed by atoms with van der Waals surface area (Å²) in [6.45, 7) is 5.22. The molecule has 1 aliphatic heterocycles. The van der Waals surface area contributed by atoms with Crippen molar-refractivity contribution >= 4 is 47.8 Å². The number of para-hydroxylation sites is 1. The molecule has 8 rings (SSSR count). The summed E-state index contributed by atoms with van der Waals surface area (Å²) < 4.78 is 0. The van der Waals surface area contributed by atoms with E-state index in [1.54, 1.807) is 17.1 Å². The molecule has 54 heavy (non-hydrogen) atoms. The number of nitrogens with two attached hydrogens (primary N) is 1. The molecule has 7 heteroatoms. The molecule has 0 radical (unpaired) electrons. The van der Waals surface area contributed by atoms with Gasteiger partial charge >= 0.3 is 5.97 Å². The first-order valence-electron chi connectivity index (χ1n) is 18.4. The largest absolute Gasteiger partial charge is 0.481 e. The predicted octanol–water partition coefficient (Wildman–Crippen LogP) is 6.55. The first-order chi connectivity index (χ1) is 26.3. The highest BCUT2D eigenvalue weighted by molar-refractivity contribution is 6.12. The first-order valence-corrected chi connectivity index (χ1v) is 18.4. The monoisotopic (exact) mass is 713 g/mol. The molecular formula is C47H43N3O4. The zero-order chi connectivity index (χ0) is 37.6. The van der Waals surface area contributed by atoms with Crippen LogP contribution in [0.2, 0.25) is 0 Å². The maximum absolute atomic E-state index is 13.0. The molecule has 5 aromatic rings. The fourth-order valence-corrected chi connectivity index (χ4v) is 7.59. The molecule has 0 fully saturated rings. The molecule has 2 aliphatic carbocycles. The fraction of sp³-hybridized carbons (Fsp3) is 0.170. The summed E-state index contributed by atoms with van der Waals surface area (Å²) in [5, 5.41) is 17.1. The molecule has 4 N–H and O–H groups in total. The molecule has 2 amide bonds. The molecule has 0 saturated carbocycles. The van der Waals surface area contributed by atoms with E-state index in [4.69, 9.17) is 10.8 Å². The second-order valence-electron chi connectivity index (χ2n) is 13.7. The Bertz CT molecular complexity index is 2540. The molecule has 0 bridgehead atoms. The summed E-state index contributed by atoms with van der Waals surface area (Å²) in [6.07, 6.45) is 12.1. The van der Waals surface area contributed by atoms with E-state index in [1.165, 1.54) is 39.6 Å². The van der Waals surface area contributed by atoms with Crippen molar-refractivity contribution in [3.8, 4) is 0 Å². The van der Waals surface area contributed by atoms with Crippen molar-refractivity contribution in [3.63, 3.8) is 0 Å². The number of nitrogens with one attached hydrogen (secondary N) is 1. The maximum Gasteiger partial charge on any atom is 0.308 e. The lowest BCUT2D eigenvalue weighted by molar-refractivity contribution is -0.136. The number of amides is 2. The van der Waals surface area contributed by atoms with Crippen LogP contribution in [0.25, 0.3) is 24.3 Å². The second-order valence-corrected chi connectivity index (χ2v) is 13.7. The van der Waals surface area contributed by atoms with Gasteiger partial charge in [-0.2, -0.15) is 0 Å². The van der Waals surface area contributed by atoms with E-state index in [2.05, 4.69) is 42.2 Å². The Labute approximate surface area is 314 Å². The summed E-state index contributed by atoms with van der Waals surface area (Å²) in [5.74, 6) is -1.34. The van der Waals surface area contributed by atoms with Crippen LogP contribution in [0.15, 0.2) is 115 Å².